The normalized spacial score (nSPS) is 18.4. The third-order valence-corrected chi connectivity index (χ3v) is 4.13. The van der Waals surface area contributed by atoms with Gasteiger partial charge in [0, 0.05) is 11.8 Å². The zero-order valence-electron chi connectivity index (χ0n) is 11.5. The van der Waals surface area contributed by atoms with E-state index in [1.165, 1.54) is 5.57 Å². The molecule has 0 N–H and O–H groups in total. The molecule has 0 saturated heterocycles. The van der Waals surface area contributed by atoms with Gasteiger partial charge in [0.25, 0.3) is 0 Å². The topological polar surface area (TPSA) is 0 Å². The summed E-state index contributed by atoms with van der Waals surface area (Å²) in [5, 5.41) is 0. The lowest BCUT2D eigenvalue weighted by molar-refractivity contribution is 0.518. The average Bonchev–Trinajstić information content (AvgIpc) is 3.01. The van der Waals surface area contributed by atoms with E-state index in [4.69, 9.17) is 6.42 Å². The number of hydrogen-bond acceptors (Lipinski definition) is 0. The number of hydrogen-bond donors (Lipinski definition) is 0. The maximum Gasteiger partial charge on any atom is 0.00891 e. The first kappa shape index (κ1) is 13.0. The highest BCUT2D eigenvalue weighted by atomic mass is 14.3. The first-order valence-corrected chi connectivity index (χ1v) is 6.83. The van der Waals surface area contributed by atoms with E-state index in [9.17, 15) is 0 Å². The van der Waals surface area contributed by atoms with Crippen molar-refractivity contribution in [2.45, 2.75) is 46.0 Å². The average molecular weight is 238 g/mol. The Morgan fingerprint density at radius 3 is 2.72 bits per heavy atom. The highest BCUT2D eigenvalue weighted by Gasteiger charge is 2.29. The van der Waals surface area contributed by atoms with Gasteiger partial charge in [-0.15, -0.1) is 12.3 Å². The third kappa shape index (κ3) is 2.67. The quantitative estimate of drug-likeness (QED) is 0.469. The Balaban J connectivity index is 1.92. The summed E-state index contributed by atoms with van der Waals surface area (Å²) in [7, 11) is 0. The molecule has 0 atom stereocenters. The van der Waals surface area contributed by atoms with Gasteiger partial charge in [0.05, 0.1) is 0 Å². The minimum atomic E-state index is 0.202. The second-order valence-electron chi connectivity index (χ2n) is 5.70. The van der Waals surface area contributed by atoms with Crippen LogP contribution in [0.4, 0.5) is 0 Å². The maximum atomic E-state index is 5.30. The molecule has 94 valence electrons. The molecule has 0 aliphatic heterocycles. The molecule has 0 saturated carbocycles. The highest BCUT2D eigenvalue weighted by Crippen LogP contribution is 2.43. The van der Waals surface area contributed by atoms with Crippen LogP contribution in [0, 0.1) is 17.8 Å². The summed E-state index contributed by atoms with van der Waals surface area (Å²) in [6, 6.07) is 0. The van der Waals surface area contributed by atoms with Crippen molar-refractivity contribution in [1.82, 2.24) is 0 Å². The van der Waals surface area contributed by atoms with Crippen LogP contribution < -0.4 is 0 Å². The maximum absolute atomic E-state index is 5.30. The summed E-state index contributed by atoms with van der Waals surface area (Å²) in [6.45, 7) is 4.69. The molecule has 0 nitrogen and oxygen atoms in total. The molecule has 0 heterocycles. The standard InChI is InChI=1S/C18H22/c1-4-5-6-9-15-12-13-17(14-15)18(2,3)16-10-7-8-11-16/h1,7-8,10,12-13H,5-6,9,11,14H2,2-3H3. The molecular formula is C18H22. The van der Waals surface area contributed by atoms with Gasteiger partial charge < -0.3 is 0 Å². The monoisotopic (exact) mass is 238 g/mol. The fourth-order valence-electron chi connectivity index (χ4n) is 2.72. The van der Waals surface area contributed by atoms with E-state index in [0.29, 0.717) is 0 Å². The van der Waals surface area contributed by atoms with Crippen LogP contribution in [-0.2, 0) is 0 Å². The largest absolute Gasteiger partial charge is 0.120 e. The second-order valence-corrected chi connectivity index (χ2v) is 5.70. The Hall–Kier alpha value is -1.48. The molecule has 0 bridgehead atoms. The Bertz CT molecular complexity index is 473. The summed E-state index contributed by atoms with van der Waals surface area (Å²) in [4.78, 5) is 0. The van der Waals surface area contributed by atoms with E-state index < -0.39 is 0 Å². The third-order valence-electron chi connectivity index (χ3n) is 4.13. The van der Waals surface area contributed by atoms with Gasteiger partial charge in [0.1, 0.15) is 0 Å². The minimum Gasteiger partial charge on any atom is -0.120 e. The SMILES string of the molecule is C#CCCCC1=CC=C(C(C)(C)C2=CC=CC2)C1. The predicted octanol–water partition coefficient (Wildman–Crippen LogP) is 4.96. The van der Waals surface area contributed by atoms with Crippen LogP contribution >= 0.6 is 0 Å². The molecule has 0 heteroatoms. The lowest BCUT2D eigenvalue weighted by Gasteiger charge is -2.29. The van der Waals surface area contributed by atoms with Gasteiger partial charge in [-0.3, -0.25) is 0 Å². The highest BCUT2D eigenvalue weighted by molar-refractivity contribution is 5.42. The van der Waals surface area contributed by atoms with Gasteiger partial charge in [-0.2, -0.15) is 0 Å². The van der Waals surface area contributed by atoms with Gasteiger partial charge in [-0.25, -0.2) is 0 Å². The Morgan fingerprint density at radius 2 is 2.06 bits per heavy atom. The molecule has 2 aliphatic carbocycles. The molecule has 18 heavy (non-hydrogen) atoms. The zero-order chi connectivity index (χ0) is 13.0. The van der Waals surface area contributed by atoms with Crippen molar-refractivity contribution in [1.29, 1.82) is 0 Å². The van der Waals surface area contributed by atoms with Crippen molar-refractivity contribution >= 4 is 0 Å². The summed E-state index contributed by atoms with van der Waals surface area (Å²) < 4.78 is 0. The van der Waals surface area contributed by atoms with E-state index >= 15 is 0 Å². The van der Waals surface area contributed by atoms with Crippen molar-refractivity contribution in [3.63, 3.8) is 0 Å². The molecule has 2 rings (SSSR count). The summed E-state index contributed by atoms with van der Waals surface area (Å²) in [5.74, 6) is 2.72. The van der Waals surface area contributed by atoms with Crippen LogP contribution in [0.3, 0.4) is 0 Å². The van der Waals surface area contributed by atoms with E-state index in [2.05, 4.69) is 50.1 Å². The fraction of sp³-hybridized carbons (Fsp3) is 0.444. The molecule has 0 amide bonds. The molecule has 0 aromatic carbocycles. The lowest BCUT2D eigenvalue weighted by atomic mass is 9.75. The van der Waals surface area contributed by atoms with Gasteiger partial charge in [0.2, 0.25) is 0 Å². The van der Waals surface area contributed by atoms with Crippen molar-refractivity contribution < 1.29 is 0 Å². The first-order chi connectivity index (χ1) is 8.64. The summed E-state index contributed by atoms with van der Waals surface area (Å²) >= 11 is 0. The van der Waals surface area contributed by atoms with Crippen LogP contribution in [0.5, 0.6) is 0 Å². The summed E-state index contributed by atoms with van der Waals surface area (Å²) in [6.07, 6.45) is 22.0. The fourth-order valence-corrected chi connectivity index (χ4v) is 2.72. The number of unbranched alkanes of at least 4 members (excludes halogenated alkanes) is 1. The van der Waals surface area contributed by atoms with E-state index in [1.54, 1.807) is 11.1 Å². The number of terminal acetylenes is 1. The molecular weight excluding hydrogens is 216 g/mol. The van der Waals surface area contributed by atoms with Gasteiger partial charge >= 0.3 is 0 Å². The van der Waals surface area contributed by atoms with E-state index in [0.717, 1.165) is 32.1 Å². The molecule has 0 aromatic heterocycles. The van der Waals surface area contributed by atoms with Gasteiger partial charge in [-0.05, 0) is 25.7 Å². The Kier molecular flexibility index (Phi) is 3.92. The predicted molar refractivity (Wildman–Crippen MR) is 79.1 cm³/mol. The number of rotatable bonds is 5. The molecule has 0 fully saturated rings. The van der Waals surface area contributed by atoms with Crippen LogP contribution in [0.15, 0.2) is 47.1 Å². The molecule has 0 spiro atoms. The van der Waals surface area contributed by atoms with Crippen molar-refractivity contribution in [3.8, 4) is 12.3 Å². The molecule has 0 unspecified atom stereocenters. The summed E-state index contributed by atoms with van der Waals surface area (Å²) in [5.41, 5.74) is 4.83. The van der Waals surface area contributed by atoms with Crippen LogP contribution in [-0.4, -0.2) is 0 Å². The molecule has 2 aliphatic rings. The van der Waals surface area contributed by atoms with Crippen molar-refractivity contribution in [2.24, 2.45) is 5.41 Å². The lowest BCUT2D eigenvalue weighted by Crippen LogP contribution is -2.16. The molecule has 0 radical (unpaired) electrons. The van der Waals surface area contributed by atoms with Crippen molar-refractivity contribution in [3.05, 3.63) is 47.1 Å². The molecule has 0 aromatic rings. The smallest absolute Gasteiger partial charge is 0.00891 e. The van der Waals surface area contributed by atoms with E-state index in [1.807, 2.05) is 0 Å². The van der Waals surface area contributed by atoms with Crippen LogP contribution in [0.25, 0.3) is 0 Å². The Labute approximate surface area is 111 Å². The zero-order valence-corrected chi connectivity index (χ0v) is 11.5. The first-order valence-electron chi connectivity index (χ1n) is 6.83. The van der Waals surface area contributed by atoms with E-state index in [-0.39, 0.29) is 5.41 Å². The van der Waals surface area contributed by atoms with Gasteiger partial charge in [0.15, 0.2) is 0 Å². The minimum absolute atomic E-state index is 0.202. The van der Waals surface area contributed by atoms with Gasteiger partial charge in [-0.1, -0.05) is 60.9 Å². The van der Waals surface area contributed by atoms with Crippen LogP contribution in [0.1, 0.15) is 46.0 Å². The Morgan fingerprint density at radius 1 is 1.22 bits per heavy atom. The second kappa shape index (κ2) is 5.44. The number of allylic oxidation sites excluding steroid dienone is 8. The van der Waals surface area contributed by atoms with Crippen LogP contribution in [0.2, 0.25) is 0 Å². The van der Waals surface area contributed by atoms with Crippen molar-refractivity contribution in [2.75, 3.05) is 0 Å².